The predicted molar refractivity (Wildman–Crippen MR) is 60.4 cm³/mol. The predicted octanol–water partition coefficient (Wildman–Crippen LogP) is -1.71. The molecule has 0 aliphatic rings. The zero-order chi connectivity index (χ0) is 12.3. The van der Waals surface area contributed by atoms with E-state index in [0.717, 1.165) is 5.56 Å². The molecule has 0 unspecified atom stereocenters. The van der Waals surface area contributed by atoms with Gasteiger partial charge in [0, 0.05) is 12.4 Å². The third-order valence-electron chi connectivity index (χ3n) is 2.48. The van der Waals surface area contributed by atoms with Gasteiger partial charge in [0.25, 0.3) is 0 Å². The van der Waals surface area contributed by atoms with E-state index in [9.17, 15) is 9.90 Å². The molecule has 0 aliphatic heterocycles. The number of hydrogen-bond donors (Lipinski definition) is 0. The van der Waals surface area contributed by atoms with E-state index in [1.54, 1.807) is 6.07 Å². The van der Waals surface area contributed by atoms with Crippen LogP contribution in [0.3, 0.4) is 0 Å². The van der Waals surface area contributed by atoms with E-state index in [2.05, 4.69) is 20.8 Å². The number of carbonyl (C=O) groups excluding carboxylic acids is 1. The van der Waals surface area contributed by atoms with Gasteiger partial charge in [-0.25, -0.2) is 0 Å². The first kappa shape index (κ1) is 16.5. The molecule has 0 atom stereocenters. The van der Waals surface area contributed by atoms with Gasteiger partial charge in [-0.15, -0.1) is 0 Å². The molecule has 0 saturated heterocycles. The average molecular weight is 244 g/mol. The first-order valence-electron chi connectivity index (χ1n) is 5.22. The molecule has 3 nitrogen and oxygen atoms in total. The Balaban J connectivity index is 0.00000256. The second-order valence-corrected chi connectivity index (χ2v) is 4.83. The molecule has 0 saturated carbocycles. The second kappa shape index (κ2) is 6.43. The van der Waals surface area contributed by atoms with Gasteiger partial charge in [-0.1, -0.05) is 32.9 Å². The van der Waals surface area contributed by atoms with Gasteiger partial charge in [0.1, 0.15) is 5.75 Å². The summed E-state index contributed by atoms with van der Waals surface area (Å²) in [6, 6.07) is 5.63. The smallest absolute Gasteiger partial charge is 0.550 e. The van der Waals surface area contributed by atoms with Gasteiger partial charge in [0.15, 0.2) is 0 Å². The van der Waals surface area contributed by atoms with Crippen LogP contribution >= 0.6 is 0 Å². The molecule has 88 valence electrons. The third-order valence-corrected chi connectivity index (χ3v) is 2.48. The number of benzene rings is 1. The third kappa shape index (κ3) is 4.70. The van der Waals surface area contributed by atoms with Gasteiger partial charge in [0.2, 0.25) is 0 Å². The van der Waals surface area contributed by atoms with Crippen LogP contribution in [-0.2, 0) is 16.6 Å². The largest absolute Gasteiger partial charge is 1.00 e. The fraction of sp³-hybridized carbons (Fsp3) is 0.462. The van der Waals surface area contributed by atoms with Crippen molar-refractivity contribution in [1.29, 1.82) is 0 Å². The molecule has 1 aromatic rings. The summed E-state index contributed by atoms with van der Waals surface area (Å²) in [5, 5.41) is 10.6. The van der Waals surface area contributed by atoms with Crippen molar-refractivity contribution in [3.8, 4) is 5.75 Å². The fourth-order valence-electron chi connectivity index (χ4n) is 1.54. The van der Waals surface area contributed by atoms with Gasteiger partial charge in [-0.2, -0.15) is 0 Å². The molecule has 17 heavy (non-hydrogen) atoms. The van der Waals surface area contributed by atoms with Crippen molar-refractivity contribution < 1.29 is 44.2 Å². The van der Waals surface area contributed by atoms with Crippen LogP contribution in [0.4, 0.5) is 0 Å². The van der Waals surface area contributed by atoms with E-state index >= 15 is 0 Å². The maximum absolute atomic E-state index is 10.6. The van der Waals surface area contributed by atoms with E-state index in [-0.39, 0.29) is 41.4 Å². The zero-order valence-electron chi connectivity index (χ0n) is 11.2. The Hall–Kier alpha value is -0.510. The first-order chi connectivity index (χ1) is 7.34. The average Bonchev–Trinajstić information content (AvgIpc) is 2.15. The van der Waals surface area contributed by atoms with Crippen molar-refractivity contribution in [2.75, 3.05) is 7.11 Å². The Morgan fingerprint density at radius 2 is 1.94 bits per heavy atom. The zero-order valence-corrected chi connectivity index (χ0v) is 13.2. The van der Waals surface area contributed by atoms with Gasteiger partial charge in [0.05, 0.1) is 7.11 Å². The van der Waals surface area contributed by atoms with Crippen LogP contribution in [0.1, 0.15) is 31.9 Å². The minimum Gasteiger partial charge on any atom is -0.550 e. The van der Waals surface area contributed by atoms with Gasteiger partial charge in [-0.3, -0.25) is 0 Å². The number of ether oxygens (including phenoxy) is 1. The minimum absolute atomic E-state index is 0. The molecule has 0 fully saturated rings. The van der Waals surface area contributed by atoms with Crippen molar-refractivity contribution in [3.05, 3.63) is 29.3 Å². The monoisotopic (exact) mass is 244 g/mol. The van der Waals surface area contributed by atoms with E-state index in [4.69, 9.17) is 4.74 Å². The molecule has 0 amide bonds. The SMILES string of the molecule is COc1ccc(C(C)(C)C)cc1CC(=O)[O-].[Na+]. The number of aliphatic carboxylic acids is 1. The summed E-state index contributed by atoms with van der Waals surface area (Å²) in [7, 11) is 1.53. The van der Waals surface area contributed by atoms with E-state index in [1.165, 1.54) is 7.11 Å². The van der Waals surface area contributed by atoms with Crippen LogP contribution in [0.25, 0.3) is 0 Å². The van der Waals surface area contributed by atoms with Crippen molar-refractivity contribution in [2.45, 2.75) is 32.6 Å². The Kier molecular flexibility index (Phi) is 6.24. The van der Waals surface area contributed by atoms with Crippen LogP contribution in [0.2, 0.25) is 0 Å². The summed E-state index contributed by atoms with van der Waals surface area (Å²) in [5.74, 6) is -0.499. The van der Waals surface area contributed by atoms with Crippen molar-refractivity contribution in [1.82, 2.24) is 0 Å². The summed E-state index contributed by atoms with van der Waals surface area (Å²) < 4.78 is 5.12. The van der Waals surface area contributed by atoms with E-state index in [0.29, 0.717) is 11.3 Å². The van der Waals surface area contributed by atoms with Crippen molar-refractivity contribution >= 4 is 5.97 Å². The van der Waals surface area contributed by atoms with Gasteiger partial charge in [-0.05, 0) is 22.6 Å². The number of carboxylic acids is 1. The summed E-state index contributed by atoms with van der Waals surface area (Å²) in [6.45, 7) is 6.24. The molecule has 0 spiro atoms. The maximum atomic E-state index is 10.6. The van der Waals surface area contributed by atoms with Gasteiger partial charge >= 0.3 is 29.6 Å². The van der Waals surface area contributed by atoms with Crippen LogP contribution in [0, 0.1) is 0 Å². The summed E-state index contributed by atoms with van der Waals surface area (Å²) >= 11 is 0. The Morgan fingerprint density at radius 3 is 2.35 bits per heavy atom. The molecule has 4 heteroatoms. The Labute approximate surface area is 124 Å². The quantitative estimate of drug-likeness (QED) is 0.595. The summed E-state index contributed by atoms with van der Waals surface area (Å²) in [4.78, 5) is 10.6. The molecular formula is C13H17NaO3. The molecule has 0 N–H and O–H groups in total. The fourth-order valence-corrected chi connectivity index (χ4v) is 1.54. The minimum atomic E-state index is -1.09. The van der Waals surface area contributed by atoms with E-state index < -0.39 is 5.97 Å². The van der Waals surface area contributed by atoms with Gasteiger partial charge < -0.3 is 14.6 Å². The number of rotatable bonds is 3. The Bertz CT molecular complexity index is 394. The number of methoxy groups -OCH3 is 1. The molecule has 0 heterocycles. The maximum Gasteiger partial charge on any atom is 1.00 e. The number of hydrogen-bond acceptors (Lipinski definition) is 3. The number of carboxylic acid groups (broad SMARTS) is 1. The molecule has 1 aromatic carbocycles. The van der Waals surface area contributed by atoms with Crippen molar-refractivity contribution in [3.63, 3.8) is 0 Å². The molecule has 0 aromatic heterocycles. The standard InChI is InChI=1S/C13H18O3.Na/c1-13(2,3)10-5-6-11(16-4)9(7-10)8-12(14)15;/h5-7H,8H2,1-4H3,(H,14,15);/q;+1/p-1. The first-order valence-corrected chi connectivity index (χ1v) is 5.22. The molecular weight excluding hydrogens is 227 g/mol. The van der Waals surface area contributed by atoms with E-state index in [1.807, 2.05) is 12.1 Å². The molecule has 0 aliphatic carbocycles. The summed E-state index contributed by atoms with van der Waals surface area (Å²) in [6.07, 6.45) is -0.118. The number of carbonyl (C=O) groups is 1. The van der Waals surface area contributed by atoms with Crippen LogP contribution in [0.15, 0.2) is 18.2 Å². The molecule has 0 bridgehead atoms. The Morgan fingerprint density at radius 1 is 1.35 bits per heavy atom. The molecule has 1 rings (SSSR count). The van der Waals surface area contributed by atoms with Crippen LogP contribution in [0.5, 0.6) is 5.75 Å². The van der Waals surface area contributed by atoms with Crippen LogP contribution < -0.4 is 39.4 Å². The summed E-state index contributed by atoms with van der Waals surface area (Å²) in [5.41, 5.74) is 1.74. The van der Waals surface area contributed by atoms with Crippen molar-refractivity contribution in [2.24, 2.45) is 0 Å². The second-order valence-electron chi connectivity index (χ2n) is 4.83. The van der Waals surface area contributed by atoms with Crippen LogP contribution in [-0.4, -0.2) is 13.1 Å². The molecule has 0 radical (unpaired) electrons. The topological polar surface area (TPSA) is 49.4 Å². The normalized spacial score (nSPS) is 10.6.